The van der Waals surface area contributed by atoms with Crippen LogP contribution in [-0.4, -0.2) is 37.8 Å². The van der Waals surface area contributed by atoms with Gasteiger partial charge in [-0.1, -0.05) is 26.5 Å². The standard InChI is InChI=1S/C16H28O4/c1-6-14(11-17)15-12(2)10-13(3)16(19-5,20-15)8-7-9-18-4/h8-9,12-15,17H,6,10-11H2,1-5H3/t7?,12-,13+,14-,15-,16?/m0/s1. The Kier molecular flexibility index (Phi) is 6.77. The zero-order chi connectivity index (χ0) is 15.2. The monoisotopic (exact) mass is 284 g/mol. The van der Waals surface area contributed by atoms with Crippen LogP contribution in [0.25, 0.3) is 0 Å². The maximum atomic E-state index is 9.55. The lowest BCUT2D eigenvalue weighted by atomic mass is 9.78. The Balaban J connectivity index is 3.02. The first-order chi connectivity index (χ1) is 9.54. The molecular weight excluding hydrogens is 256 g/mol. The van der Waals surface area contributed by atoms with E-state index in [0.29, 0.717) is 5.92 Å². The molecule has 116 valence electrons. The highest BCUT2D eigenvalue weighted by Crippen LogP contribution is 2.41. The van der Waals surface area contributed by atoms with Gasteiger partial charge in [-0.3, -0.25) is 0 Å². The number of hydrogen-bond donors (Lipinski definition) is 1. The summed E-state index contributed by atoms with van der Waals surface area (Å²) in [4.78, 5) is 0. The molecule has 1 unspecified atom stereocenters. The van der Waals surface area contributed by atoms with E-state index in [1.165, 1.54) is 6.26 Å². The Bertz CT molecular complexity index is 344. The van der Waals surface area contributed by atoms with E-state index in [4.69, 9.17) is 14.2 Å². The molecule has 1 aliphatic heterocycles. The zero-order valence-corrected chi connectivity index (χ0v) is 13.3. The summed E-state index contributed by atoms with van der Waals surface area (Å²) in [5, 5.41) is 9.55. The fourth-order valence-corrected chi connectivity index (χ4v) is 3.03. The van der Waals surface area contributed by atoms with E-state index >= 15 is 0 Å². The van der Waals surface area contributed by atoms with Crippen LogP contribution in [0.5, 0.6) is 0 Å². The number of aliphatic hydroxyl groups excluding tert-OH is 1. The summed E-state index contributed by atoms with van der Waals surface area (Å²) >= 11 is 0. The van der Waals surface area contributed by atoms with Crippen LogP contribution in [0, 0.1) is 17.8 Å². The molecule has 0 spiro atoms. The summed E-state index contributed by atoms with van der Waals surface area (Å²) in [6, 6.07) is 0. The largest absolute Gasteiger partial charge is 0.496 e. The summed E-state index contributed by atoms with van der Waals surface area (Å²) < 4.78 is 16.8. The maximum absolute atomic E-state index is 9.55. The minimum absolute atomic E-state index is 0.0123. The SMILES string of the molecule is CC[C@@H](CO)[C@H]1OC(C=C=COC)(OC)[C@H](C)C[C@@H]1C. The van der Waals surface area contributed by atoms with Gasteiger partial charge >= 0.3 is 0 Å². The maximum Gasteiger partial charge on any atom is 0.198 e. The summed E-state index contributed by atoms with van der Waals surface area (Å²) in [5.41, 5.74) is 2.95. The van der Waals surface area contributed by atoms with E-state index in [0.717, 1.165) is 12.8 Å². The normalized spacial score (nSPS) is 35.0. The topological polar surface area (TPSA) is 47.9 Å². The molecule has 1 rings (SSSR count). The van der Waals surface area contributed by atoms with Gasteiger partial charge in [-0.15, -0.1) is 0 Å². The fourth-order valence-electron chi connectivity index (χ4n) is 3.03. The summed E-state index contributed by atoms with van der Waals surface area (Å²) in [6.45, 7) is 6.50. The summed E-state index contributed by atoms with van der Waals surface area (Å²) in [5.74, 6) is -0.0564. The van der Waals surface area contributed by atoms with Crippen LogP contribution in [0.3, 0.4) is 0 Å². The van der Waals surface area contributed by atoms with Crippen molar-refractivity contribution in [3.63, 3.8) is 0 Å². The molecule has 0 bridgehead atoms. The van der Waals surface area contributed by atoms with Gasteiger partial charge in [-0.25, -0.2) is 0 Å². The van der Waals surface area contributed by atoms with Crippen LogP contribution < -0.4 is 0 Å². The average Bonchev–Trinajstić information content (AvgIpc) is 2.44. The minimum Gasteiger partial charge on any atom is -0.496 e. The average molecular weight is 284 g/mol. The Morgan fingerprint density at radius 3 is 2.65 bits per heavy atom. The summed E-state index contributed by atoms with van der Waals surface area (Å²) in [6.07, 6.45) is 5.12. The molecule has 0 aromatic carbocycles. The molecular formula is C16H28O4. The number of aliphatic hydroxyl groups is 1. The van der Waals surface area contributed by atoms with Crippen molar-refractivity contribution >= 4 is 0 Å². The second-order valence-corrected chi connectivity index (χ2v) is 5.64. The highest BCUT2D eigenvalue weighted by Gasteiger charge is 2.46. The van der Waals surface area contributed by atoms with Crippen molar-refractivity contribution in [2.45, 2.75) is 45.5 Å². The molecule has 0 saturated carbocycles. The van der Waals surface area contributed by atoms with Crippen LogP contribution in [-0.2, 0) is 14.2 Å². The molecule has 0 radical (unpaired) electrons. The van der Waals surface area contributed by atoms with Gasteiger partial charge in [0, 0.05) is 31.6 Å². The first-order valence-corrected chi connectivity index (χ1v) is 7.33. The second kappa shape index (κ2) is 7.84. The number of rotatable bonds is 6. The Labute approximate surface area is 122 Å². The lowest BCUT2D eigenvalue weighted by Gasteiger charge is -2.47. The molecule has 1 fully saturated rings. The zero-order valence-electron chi connectivity index (χ0n) is 13.3. The molecule has 0 aromatic heterocycles. The van der Waals surface area contributed by atoms with Gasteiger partial charge in [0.1, 0.15) is 6.26 Å². The van der Waals surface area contributed by atoms with Gasteiger partial charge in [0.15, 0.2) is 5.79 Å². The third kappa shape index (κ3) is 3.64. The van der Waals surface area contributed by atoms with Crippen molar-refractivity contribution in [2.75, 3.05) is 20.8 Å². The van der Waals surface area contributed by atoms with Gasteiger partial charge in [0.2, 0.25) is 0 Å². The van der Waals surface area contributed by atoms with E-state index in [1.54, 1.807) is 20.3 Å². The predicted octanol–water partition coefficient (Wildman–Crippen LogP) is 2.72. The number of methoxy groups -OCH3 is 2. The Morgan fingerprint density at radius 1 is 1.45 bits per heavy atom. The van der Waals surface area contributed by atoms with Gasteiger partial charge in [0.25, 0.3) is 0 Å². The smallest absolute Gasteiger partial charge is 0.198 e. The lowest BCUT2D eigenvalue weighted by molar-refractivity contribution is -0.287. The van der Waals surface area contributed by atoms with Gasteiger partial charge in [-0.05, 0) is 18.8 Å². The van der Waals surface area contributed by atoms with E-state index in [2.05, 4.69) is 26.5 Å². The van der Waals surface area contributed by atoms with Crippen molar-refractivity contribution in [2.24, 2.45) is 17.8 Å². The number of hydrogen-bond acceptors (Lipinski definition) is 4. The molecule has 5 atom stereocenters. The molecule has 20 heavy (non-hydrogen) atoms. The fraction of sp³-hybridized carbons (Fsp3) is 0.812. The predicted molar refractivity (Wildman–Crippen MR) is 78.1 cm³/mol. The van der Waals surface area contributed by atoms with Crippen LogP contribution in [0.4, 0.5) is 0 Å². The molecule has 0 aliphatic carbocycles. The highest BCUT2D eigenvalue weighted by atomic mass is 16.7. The van der Waals surface area contributed by atoms with E-state index in [1.807, 2.05) is 0 Å². The van der Waals surface area contributed by atoms with E-state index in [9.17, 15) is 5.11 Å². The molecule has 0 amide bonds. The highest BCUT2D eigenvalue weighted by molar-refractivity contribution is 5.02. The molecule has 1 heterocycles. The first-order valence-electron chi connectivity index (χ1n) is 7.33. The number of ether oxygens (including phenoxy) is 3. The molecule has 4 nitrogen and oxygen atoms in total. The first kappa shape index (κ1) is 17.3. The molecule has 0 aromatic rings. The lowest BCUT2D eigenvalue weighted by Crippen LogP contribution is -2.52. The van der Waals surface area contributed by atoms with Crippen LogP contribution in [0.2, 0.25) is 0 Å². The molecule has 4 heteroatoms. The molecule has 1 N–H and O–H groups in total. The Morgan fingerprint density at radius 2 is 2.15 bits per heavy atom. The van der Waals surface area contributed by atoms with E-state index < -0.39 is 5.79 Å². The third-order valence-electron chi connectivity index (χ3n) is 4.31. The summed E-state index contributed by atoms with van der Waals surface area (Å²) in [7, 11) is 3.23. The van der Waals surface area contributed by atoms with Gasteiger partial charge in [-0.2, -0.15) is 0 Å². The van der Waals surface area contributed by atoms with Crippen molar-refractivity contribution < 1.29 is 19.3 Å². The van der Waals surface area contributed by atoms with Crippen molar-refractivity contribution in [1.29, 1.82) is 0 Å². The quantitative estimate of drug-likeness (QED) is 0.602. The van der Waals surface area contributed by atoms with Crippen molar-refractivity contribution in [3.05, 3.63) is 18.1 Å². The van der Waals surface area contributed by atoms with Gasteiger partial charge in [0.05, 0.1) is 13.2 Å². The second-order valence-electron chi connectivity index (χ2n) is 5.64. The van der Waals surface area contributed by atoms with Crippen molar-refractivity contribution in [1.82, 2.24) is 0 Å². The van der Waals surface area contributed by atoms with Crippen LogP contribution >= 0.6 is 0 Å². The van der Waals surface area contributed by atoms with Crippen molar-refractivity contribution in [3.8, 4) is 0 Å². The van der Waals surface area contributed by atoms with Crippen LogP contribution in [0.15, 0.2) is 18.1 Å². The minimum atomic E-state index is -0.797. The van der Waals surface area contributed by atoms with Gasteiger partial charge < -0.3 is 19.3 Å². The van der Waals surface area contributed by atoms with E-state index in [-0.39, 0.29) is 24.5 Å². The molecule has 1 aliphatic rings. The third-order valence-corrected chi connectivity index (χ3v) is 4.31. The Hall–Kier alpha value is -0.800. The van der Waals surface area contributed by atoms with Crippen LogP contribution in [0.1, 0.15) is 33.6 Å². The molecule has 1 saturated heterocycles.